The molecule has 1 unspecified atom stereocenters. The molecule has 4 heteroatoms. The molecule has 42 heavy (non-hydrogen) atoms. The molecule has 1 aliphatic rings. The molecule has 0 amide bonds. The van der Waals surface area contributed by atoms with Crippen LogP contribution in [0.4, 0.5) is 0 Å². The molecular formula is C38H52IrNO2-. The van der Waals surface area contributed by atoms with Crippen LogP contribution in [0.5, 0.6) is 0 Å². The molecule has 0 aliphatic heterocycles. The molecule has 4 rings (SSSR count). The normalized spacial score (nSPS) is 15.7. The number of aromatic nitrogens is 1. The number of fused-ring (bicyclic) bond motifs is 1. The molecule has 1 radical (unpaired) electrons. The van der Waals surface area contributed by atoms with E-state index < -0.39 is 5.41 Å². The van der Waals surface area contributed by atoms with Gasteiger partial charge >= 0.3 is 0 Å². The number of benzene rings is 2. The maximum absolute atomic E-state index is 11.5. The number of allylic oxidation sites excluding steroid dienone is 2. The van der Waals surface area contributed by atoms with Crippen molar-refractivity contribution < 1.29 is 30.0 Å². The second-order valence-corrected chi connectivity index (χ2v) is 14.2. The third kappa shape index (κ3) is 9.35. The molecule has 2 aromatic carbocycles. The van der Waals surface area contributed by atoms with E-state index in [-0.39, 0.29) is 37.1 Å². The van der Waals surface area contributed by atoms with Crippen LogP contribution in [0.1, 0.15) is 115 Å². The minimum absolute atomic E-state index is 0. The Bertz CT molecular complexity index is 1360. The van der Waals surface area contributed by atoms with E-state index in [1.165, 1.54) is 77.6 Å². The fourth-order valence-corrected chi connectivity index (χ4v) is 5.78. The SMILES string of the molecule is CC(C)(C)C(=O)/C=C(\O)C(C)(C)C.Cc1[c-]c(-c2nccc3c(C)c(C(C)C4CCCCCC4)ccc23)cc(C)c1.[Ir]. The maximum Gasteiger partial charge on any atom is 0.164 e. The van der Waals surface area contributed by atoms with Crippen LogP contribution in [-0.2, 0) is 24.9 Å². The summed E-state index contributed by atoms with van der Waals surface area (Å²) >= 11 is 0. The van der Waals surface area contributed by atoms with Crippen molar-refractivity contribution in [3.63, 3.8) is 0 Å². The van der Waals surface area contributed by atoms with Gasteiger partial charge in [-0.15, -0.1) is 34.9 Å². The van der Waals surface area contributed by atoms with Crippen LogP contribution in [0.2, 0.25) is 0 Å². The summed E-state index contributed by atoms with van der Waals surface area (Å²) in [6.07, 6.45) is 11.7. The van der Waals surface area contributed by atoms with E-state index >= 15 is 0 Å². The van der Waals surface area contributed by atoms with Crippen molar-refractivity contribution in [3.05, 3.63) is 76.7 Å². The fraction of sp³-hybridized carbons (Fsp3) is 0.526. The Hall–Kier alpha value is -2.29. The van der Waals surface area contributed by atoms with E-state index in [2.05, 4.69) is 64.1 Å². The predicted octanol–water partition coefficient (Wildman–Crippen LogP) is 10.8. The Labute approximate surface area is 269 Å². The van der Waals surface area contributed by atoms with Crippen LogP contribution >= 0.6 is 0 Å². The van der Waals surface area contributed by atoms with Crippen LogP contribution in [0, 0.1) is 43.6 Å². The monoisotopic (exact) mass is 747 g/mol. The quantitative estimate of drug-likeness (QED) is 0.125. The van der Waals surface area contributed by atoms with Crippen molar-refractivity contribution >= 4 is 16.6 Å². The van der Waals surface area contributed by atoms with Gasteiger partial charge in [-0.25, -0.2) is 0 Å². The van der Waals surface area contributed by atoms with Gasteiger partial charge in [-0.1, -0.05) is 100 Å². The van der Waals surface area contributed by atoms with Crippen LogP contribution < -0.4 is 0 Å². The molecule has 1 saturated carbocycles. The summed E-state index contributed by atoms with van der Waals surface area (Å²) in [5, 5.41) is 12.2. The van der Waals surface area contributed by atoms with Crippen molar-refractivity contribution in [1.82, 2.24) is 4.98 Å². The van der Waals surface area contributed by atoms with Crippen LogP contribution in [0.25, 0.3) is 22.0 Å². The number of ketones is 1. The summed E-state index contributed by atoms with van der Waals surface area (Å²) in [5.74, 6) is 1.56. The summed E-state index contributed by atoms with van der Waals surface area (Å²) in [6, 6.07) is 14.8. The Morgan fingerprint density at radius 2 is 1.55 bits per heavy atom. The standard InChI is InChI=1S/C27H32N.C11H20O2.Ir/c1-18-15-19(2)17-23(16-18)27-26-12-11-24(21(4)25(26)13-14-28-27)20(3)22-9-7-5-6-8-10-22;1-10(2,3)8(12)7-9(13)11(4,5)6;/h11-16,20,22H,5-10H2,1-4H3;7,12H,1-6H3;/q-1;;/b;8-7-;. The van der Waals surface area contributed by atoms with E-state index in [0.717, 1.165) is 17.2 Å². The van der Waals surface area contributed by atoms with Crippen molar-refractivity contribution in [3.8, 4) is 11.3 Å². The van der Waals surface area contributed by atoms with Crippen molar-refractivity contribution in [2.24, 2.45) is 16.7 Å². The molecule has 3 aromatic rings. The molecule has 0 saturated heterocycles. The number of hydrogen-bond acceptors (Lipinski definition) is 3. The largest absolute Gasteiger partial charge is 0.512 e. The van der Waals surface area contributed by atoms with Gasteiger partial charge in [0.15, 0.2) is 5.78 Å². The summed E-state index contributed by atoms with van der Waals surface area (Å²) in [6.45, 7) is 20.1. The van der Waals surface area contributed by atoms with E-state index in [4.69, 9.17) is 4.98 Å². The van der Waals surface area contributed by atoms with Crippen molar-refractivity contribution in [1.29, 1.82) is 0 Å². The van der Waals surface area contributed by atoms with Crippen LogP contribution in [0.15, 0.2) is 48.4 Å². The predicted molar refractivity (Wildman–Crippen MR) is 174 cm³/mol. The van der Waals surface area contributed by atoms with E-state index in [1.54, 1.807) is 0 Å². The van der Waals surface area contributed by atoms with Gasteiger partial charge in [0.05, 0.1) is 0 Å². The van der Waals surface area contributed by atoms with Gasteiger partial charge < -0.3 is 10.1 Å². The van der Waals surface area contributed by atoms with E-state index in [1.807, 2.05) is 47.7 Å². The first-order chi connectivity index (χ1) is 19.1. The summed E-state index contributed by atoms with van der Waals surface area (Å²) in [4.78, 5) is 16.2. The molecule has 1 fully saturated rings. The Morgan fingerprint density at radius 3 is 2.10 bits per heavy atom. The molecular weight excluding hydrogens is 695 g/mol. The van der Waals surface area contributed by atoms with E-state index in [0.29, 0.717) is 5.92 Å². The number of hydrogen-bond donors (Lipinski definition) is 1. The molecule has 0 spiro atoms. The zero-order valence-corrected chi connectivity index (χ0v) is 30.0. The average molecular weight is 747 g/mol. The third-order valence-electron chi connectivity index (χ3n) is 8.53. The molecule has 1 atom stereocenters. The first-order valence-corrected chi connectivity index (χ1v) is 15.4. The Kier molecular flexibility index (Phi) is 12.8. The summed E-state index contributed by atoms with van der Waals surface area (Å²) < 4.78 is 0. The minimum atomic E-state index is -0.417. The zero-order chi connectivity index (χ0) is 30.5. The molecule has 0 bridgehead atoms. The Balaban J connectivity index is 0.000000377. The molecule has 1 heterocycles. The first-order valence-electron chi connectivity index (χ1n) is 15.4. The van der Waals surface area contributed by atoms with E-state index in [9.17, 15) is 9.90 Å². The summed E-state index contributed by atoms with van der Waals surface area (Å²) in [7, 11) is 0. The van der Waals surface area contributed by atoms with Gasteiger partial charge in [-0.05, 0) is 65.3 Å². The zero-order valence-electron chi connectivity index (χ0n) is 27.6. The van der Waals surface area contributed by atoms with Gasteiger partial charge in [-0.3, -0.25) is 4.79 Å². The number of aliphatic hydroxyl groups excluding tert-OH is 1. The molecule has 1 aromatic heterocycles. The molecule has 231 valence electrons. The third-order valence-corrected chi connectivity index (χ3v) is 8.53. The average Bonchev–Trinajstić information content (AvgIpc) is 3.17. The van der Waals surface area contributed by atoms with Gasteiger partial charge in [0.25, 0.3) is 0 Å². The van der Waals surface area contributed by atoms with Crippen molar-refractivity contribution in [2.75, 3.05) is 0 Å². The van der Waals surface area contributed by atoms with Gasteiger partial charge in [0.2, 0.25) is 0 Å². The number of pyridine rings is 1. The number of nitrogens with zero attached hydrogens (tertiary/aromatic N) is 1. The smallest absolute Gasteiger partial charge is 0.164 e. The van der Waals surface area contributed by atoms with Gasteiger partial charge in [-0.2, -0.15) is 0 Å². The fourth-order valence-electron chi connectivity index (χ4n) is 5.78. The first kappa shape index (κ1) is 35.9. The molecule has 1 aliphatic carbocycles. The second-order valence-electron chi connectivity index (χ2n) is 14.2. The minimum Gasteiger partial charge on any atom is -0.512 e. The number of carbonyl (C=O) groups is 1. The number of aryl methyl sites for hydroxylation is 3. The summed E-state index contributed by atoms with van der Waals surface area (Å²) in [5.41, 5.74) is 6.79. The maximum atomic E-state index is 11.5. The Morgan fingerprint density at radius 1 is 0.929 bits per heavy atom. The molecule has 3 nitrogen and oxygen atoms in total. The number of aliphatic hydroxyl groups is 1. The van der Waals surface area contributed by atoms with Crippen LogP contribution in [-0.4, -0.2) is 15.9 Å². The van der Waals surface area contributed by atoms with Crippen molar-refractivity contribution in [2.45, 2.75) is 114 Å². The van der Waals surface area contributed by atoms with Gasteiger partial charge in [0.1, 0.15) is 5.76 Å². The molecule has 1 N–H and O–H groups in total. The number of carbonyl (C=O) groups excluding carboxylic acids is 1. The van der Waals surface area contributed by atoms with Crippen LogP contribution in [0.3, 0.4) is 0 Å². The topological polar surface area (TPSA) is 50.2 Å². The number of rotatable bonds is 4. The second kappa shape index (κ2) is 14.9. The van der Waals surface area contributed by atoms with Gasteiger partial charge in [0, 0.05) is 43.2 Å².